The molecule has 0 saturated carbocycles. The topological polar surface area (TPSA) is 87.1 Å². The molecule has 0 bridgehead atoms. The van der Waals surface area contributed by atoms with Crippen LogP contribution in [0.4, 0.5) is 5.00 Å². The van der Waals surface area contributed by atoms with Crippen molar-refractivity contribution >= 4 is 80.2 Å². The molecule has 0 radical (unpaired) electrons. The first-order valence-corrected chi connectivity index (χ1v) is 18.4. The highest BCUT2D eigenvalue weighted by Crippen LogP contribution is 2.42. The summed E-state index contributed by atoms with van der Waals surface area (Å²) in [6.07, 6.45) is 10.00. The Kier molecular flexibility index (Phi) is 9.37. The van der Waals surface area contributed by atoms with Crippen molar-refractivity contribution in [3.63, 3.8) is 0 Å². The van der Waals surface area contributed by atoms with Crippen LogP contribution in [-0.4, -0.2) is 52.7 Å². The molecule has 4 amide bonds. The summed E-state index contributed by atoms with van der Waals surface area (Å²) in [4.78, 5) is 64.8. The number of aliphatic imine (C=N–C) groups is 1. The Balaban J connectivity index is 1.08. The summed E-state index contributed by atoms with van der Waals surface area (Å²) in [6.45, 7) is 5.25. The van der Waals surface area contributed by atoms with Crippen LogP contribution in [0, 0.1) is 0 Å². The van der Waals surface area contributed by atoms with Gasteiger partial charge in [-0.25, -0.2) is 4.99 Å². The number of carbonyl (C=O) groups excluding carboxylic acids is 4. The lowest BCUT2D eigenvalue weighted by atomic mass is 10.2. The maximum absolute atomic E-state index is 12.9. The van der Waals surface area contributed by atoms with Gasteiger partial charge in [0.2, 0.25) is 0 Å². The molecule has 0 N–H and O–H groups in total. The fourth-order valence-electron chi connectivity index (χ4n) is 5.39. The zero-order chi connectivity index (χ0) is 30.8. The molecular formula is C33H33N3O4S4. The van der Waals surface area contributed by atoms with Crippen molar-refractivity contribution in [1.82, 2.24) is 9.80 Å². The molecule has 2 aliphatic rings. The Labute approximate surface area is 272 Å². The zero-order valence-electron chi connectivity index (χ0n) is 24.7. The van der Waals surface area contributed by atoms with Gasteiger partial charge in [0, 0.05) is 43.7 Å². The summed E-state index contributed by atoms with van der Waals surface area (Å²) in [5.41, 5.74) is 1.03. The van der Waals surface area contributed by atoms with Crippen molar-refractivity contribution in [1.29, 1.82) is 0 Å². The van der Waals surface area contributed by atoms with Gasteiger partial charge in [-0.3, -0.25) is 29.0 Å². The van der Waals surface area contributed by atoms with Gasteiger partial charge in [0.05, 0.1) is 11.1 Å². The van der Waals surface area contributed by atoms with Gasteiger partial charge in [0.25, 0.3) is 23.6 Å². The van der Waals surface area contributed by atoms with E-state index >= 15 is 0 Å². The molecule has 4 aromatic rings. The third-order valence-corrected chi connectivity index (χ3v) is 12.4. The second-order valence-corrected chi connectivity index (χ2v) is 15.2. The van der Waals surface area contributed by atoms with E-state index in [9.17, 15) is 19.2 Å². The largest absolute Gasteiger partial charge is 0.274 e. The molecule has 44 heavy (non-hydrogen) atoms. The van der Waals surface area contributed by atoms with Crippen LogP contribution >= 0.6 is 45.3 Å². The fourth-order valence-corrected chi connectivity index (χ4v) is 9.48. The van der Waals surface area contributed by atoms with E-state index in [1.807, 2.05) is 42.6 Å². The number of hydrogen-bond donors (Lipinski definition) is 0. The third kappa shape index (κ3) is 6.02. The summed E-state index contributed by atoms with van der Waals surface area (Å²) in [5.74, 6) is -0.712. The average Bonchev–Trinajstić information content (AvgIpc) is 3.85. The number of imide groups is 2. The van der Waals surface area contributed by atoms with Crippen LogP contribution in [0.1, 0.15) is 110 Å². The van der Waals surface area contributed by atoms with Crippen LogP contribution in [0.2, 0.25) is 0 Å². The summed E-state index contributed by atoms with van der Waals surface area (Å²) in [5, 5.41) is 0.823. The predicted octanol–water partition coefficient (Wildman–Crippen LogP) is 9.37. The summed E-state index contributed by atoms with van der Waals surface area (Å²) in [6, 6.07) is 11.6. The van der Waals surface area contributed by atoms with E-state index in [-0.39, 0.29) is 23.6 Å². The lowest BCUT2D eigenvalue weighted by Gasteiger charge is -2.13. The van der Waals surface area contributed by atoms with Crippen molar-refractivity contribution in [2.24, 2.45) is 4.99 Å². The van der Waals surface area contributed by atoms with Crippen LogP contribution in [0.3, 0.4) is 0 Å². The number of fused-ring (bicyclic) bond motifs is 2. The monoisotopic (exact) mass is 663 g/mol. The quantitative estimate of drug-likeness (QED) is 0.0764. The average molecular weight is 664 g/mol. The molecule has 0 atom stereocenters. The van der Waals surface area contributed by atoms with Crippen LogP contribution < -0.4 is 0 Å². The minimum Gasteiger partial charge on any atom is -0.274 e. The molecule has 6 heterocycles. The van der Waals surface area contributed by atoms with Crippen molar-refractivity contribution in [3.05, 3.63) is 62.2 Å². The third-order valence-electron chi connectivity index (χ3n) is 7.79. The second-order valence-electron chi connectivity index (χ2n) is 11.0. The number of hydrogen-bond acceptors (Lipinski definition) is 9. The molecule has 0 spiro atoms. The molecule has 228 valence electrons. The lowest BCUT2D eigenvalue weighted by molar-refractivity contribution is 0.0637. The van der Waals surface area contributed by atoms with Gasteiger partial charge >= 0.3 is 0 Å². The van der Waals surface area contributed by atoms with E-state index in [0.29, 0.717) is 34.0 Å². The van der Waals surface area contributed by atoms with E-state index in [2.05, 4.69) is 18.8 Å². The molecule has 0 saturated heterocycles. The van der Waals surface area contributed by atoms with Crippen LogP contribution in [-0.2, 0) is 0 Å². The normalized spacial score (nSPS) is 14.6. The van der Waals surface area contributed by atoms with Crippen molar-refractivity contribution < 1.29 is 19.2 Å². The highest BCUT2D eigenvalue weighted by Gasteiger charge is 2.38. The minimum absolute atomic E-state index is 0.172. The molecule has 7 nitrogen and oxygen atoms in total. The van der Waals surface area contributed by atoms with Gasteiger partial charge < -0.3 is 0 Å². The van der Waals surface area contributed by atoms with Crippen LogP contribution in [0.25, 0.3) is 19.5 Å². The number of nitrogens with zero attached hydrogens (tertiary/aromatic N) is 3. The zero-order valence-corrected chi connectivity index (χ0v) is 28.0. The molecule has 0 unspecified atom stereocenters. The minimum atomic E-state index is -0.184. The Morgan fingerprint density at radius 1 is 0.591 bits per heavy atom. The van der Waals surface area contributed by atoms with Gasteiger partial charge in [0.1, 0.15) is 14.8 Å². The molecule has 0 fully saturated rings. The van der Waals surface area contributed by atoms with Crippen molar-refractivity contribution in [2.45, 2.75) is 65.2 Å². The van der Waals surface area contributed by atoms with E-state index in [1.165, 1.54) is 43.8 Å². The Hall–Kier alpha value is -3.25. The number of amides is 4. The molecule has 0 aliphatic carbocycles. The smallest absolute Gasteiger partial charge is 0.271 e. The standard InChI is InChI=1S/C33H33N3O4S4/c1-3-5-7-9-15-35-30(37)21-17-25(43-28(21)32(35)39)23-12-11-20(41-23)19-34-27-14-13-24(42-27)26-18-22-29(44-26)33(40)36(31(22)38)16-10-8-6-4-2/h11-14,17-19H,3-10,15-16H2,1-2H3/b34-19+. The van der Waals surface area contributed by atoms with Crippen LogP contribution in [0.15, 0.2) is 41.4 Å². The molecule has 2 aliphatic heterocycles. The van der Waals surface area contributed by atoms with Crippen LogP contribution in [0.5, 0.6) is 0 Å². The number of thiophene rings is 4. The Morgan fingerprint density at radius 2 is 1.11 bits per heavy atom. The number of unbranched alkanes of at least 4 members (excludes halogenated alkanes) is 6. The fraction of sp³-hybridized carbons (Fsp3) is 0.364. The van der Waals surface area contributed by atoms with Gasteiger partial charge in [-0.1, -0.05) is 52.4 Å². The Morgan fingerprint density at radius 3 is 1.64 bits per heavy atom. The molecule has 0 aromatic carbocycles. The van der Waals surface area contributed by atoms with Crippen molar-refractivity contribution in [2.75, 3.05) is 13.1 Å². The van der Waals surface area contributed by atoms with Gasteiger partial charge in [-0.15, -0.1) is 45.3 Å². The molecular weight excluding hydrogens is 631 g/mol. The number of rotatable bonds is 14. The van der Waals surface area contributed by atoms with Gasteiger partial charge in [-0.05, 0) is 49.2 Å². The first-order valence-electron chi connectivity index (χ1n) is 15.1. The van der Waals surface area contributed by atoms with E-state index < -0.39 is 0 Å². The van der Waals surface area contributed by atoms with Gasteiger partial charge in [0.15, 0.2) is 0 Å². The predicted molar refractivity (Wildman–Crippen MR) is 182 cm³/mol. The van der Waals surface area contributed by atoms with E-state index in [0.717, 1.165) is 80.8 Å². The first kappa shape index (κ1) is 30.8. The van der Waals surface area contributed by atoms with Gasteiger partial charge in [-0.2, -0.15) is 0 Å². The first-order chi connectivity index (χ1) is 21.4. The SMILES string of the molecule is CCCCCCN1C(=O)c2cc(-c3ccc(/C=N/c4ccc(-c5cc6c(s5)C(=O)N(CCCCCC)C6=O)s4)s3)sc2C1=O. The molecule has 4 aromatic heterocycles. The molecule has 11 heteroatoms. The highest BCUT2D eigenvalue weighted by atomic mass is 32.1. The maximum atomic E-state index is 12.9. The lowest BCUT2D eigenvalue weighted by Crippen LogP contribution is -2.30. The highest BCUT2D eigenvalue weighted by molar-refractivity contribution is 7.25. The molecule has 6 rings (SSSR count). The summed E-state index contributed by atoms with van der Waals surface area (Å²) >= 11 is 5.84. The van der Waals surface area contributed by atoms with E-state index in [4.69, 9.17) is 0 Å². The summed E-state index contributed by atoms with van der Waals surface area (Å²) in [7, 11) is 0. The Bertz CT molecular complexity index is 1560. The van der Waals surface area contributed by atoms with Crippen molar-refractivity contribution in [3.8, 4) is 19.5 Å². The second kappa shape index (κ2) is 13.4. The maximum Gasteiger partial charge on any atom is 0.271 e. The summed E-state index contributed by atoms with van der Waals surface area (Å²) < 4.78 is 0. The number of carbonyl (C=O) groups is 4. The van der Waals surface area contributed by atoms with E-state index in [1.54, 1.807) is 11.3 Å².